The molecule has 0 saturated carbocycles. The lowest BCUT2D eigenvalue weighted by Gasteiger charge is -2.13. The van der Waals surface area contributed by atoms with Crippen molar-refractivity contribution in [3.8, 4) is 5.75 Å². The molecule has 1 aromatic heterocycles. The first kappa shape index (κ1) is 13.8. The SMILES string of the molecule is Cc1ncc(Br)c(=O)n1Cc1cc(Br)cc2c1OCC2. The van der Waals surface area contributed by atoms with Crippen LogP contribution >= 0.6 is 31.9 Å². The van der Waals surface area contributed by atoms with Crippen molar-refractivity contribution in [1.29, 1.82) is 0 Å². The van der Waals surface area contributed by atoms with Crippen molar-refractivity contribution in [3.05, 3.63) is 54.6 Å². The van der Waals surface area contributed by atoms with Crippen LogP contribution in [-0.4, -0.2) is 16.2 Å². The van der Waals surface area contributed by atoms with E-state index in [0.717, 1.165) is 22.2 Å². The molecule has 20 heavy (non-hydrogen) atoms. The Morgan fingerprint density at radius 1 is 1.40 bits per heavy atom. The van der Waals surface area contributed by atoms with E-state index in [9.17, 15) is 4.79 Å². The van der Waals surface area contributed by atoms with Gasteiger partial charge in [0.1, 0.15) is 16.0 Å². The minimum atomic E-state index is -0.0794. The predicted molar refractivity (Wildman–Crippen MR) is 83.4 cm³/mol. The Hall–Kier alpha value is -1.14. The minimum absolute atomic E-state index is 0.0794. The van der Waals surface area contributed by atoms with Crippen LogP contribution in [0, 0.1) is 6.92 Å². The van der Waals surface area contributed by atoms with Gasteiger partial charge in [0.15, 0.2) is 0 Å². The molecule has 1 aromatic carbocycles. The van der Waals surface area contributed by atoms with Crippen LogP contribution in [0.4, 0.5) is 0 Å². The normalized spacial score (nSPS) is 13.2. The van der Waals surface area contributed by atoms with Crippen molar-refractivity contribution in [2.24, 2.45) is 0 Å². The van der Waals surface area contributed by atoms with Gasteiger partial charge in [-0.1, -0.05) is 15.9 Å². The maximum Gasteiger partial charge on any atom is 0.268 e. The fraction of sp³-hybridized carbons (Fsp3) is 0.286. The van der Waals surface area contributed by atoms with Crippen LogP contribution in [-0.2, 0) is 13.0 Å². The molecule has 2 heterocycles. The number of ether oxygens (including phenoxy) is 1. The van der Waals surface area contributed by atoms with E-state index < -0.39 is 0 Å². The molecule has 2 aromatic rings. The van der Waals surface area contributed by atoms with E-state index in [4.69, 9.17) is 4.74 Å². The van der Waals surface area contributed by atoms with Crippen LogP contribution in [0.5, 0.6) is 5.75 Å². The number of aryl methyl sites for hydroxylation is 1. The zero-order valence-corrected chi connectivity index (χ0v) is 14.0. The summed E-state index contributed by atoms with van der Waals surface area (Å²) in [5.74, 6) is 1.59. The summed E-state index contributed by atoms with van der Waals surface area (Å²) in [4.78, 5) is 16.4. The average molecular weight is 400 g/mol. The molecule has 0 aliphatic carbocycles. The molecule has 3 rings (SSSR count). The van der Waals surface area contributed by atoms with Gasteiger partial charge >= 0.3 is 0 Å². The number of rotatable bonds is 2. The maximum atomic E-state index is 12.2. The second-order valence-corrected chi connectivity index (χ2v) is 6.47. The second kappa shape index (κ2) is 5.33. The van der Waals surface area contributed by atoms with Crippen LogP contribution < -0.4 is 10.3 Å². The summed E-state index contributed by atoms with van der Waals surface area (Å²) in [6, 6.07) is 4.07. The molecular weight excluding hydrogens is 388 g/mol. The molecule has 0 amide bonds. The Labute approximate surface area is 133 Å². The van der Waals surface area contributed by atoms with Crippen molar-refractivity contribution < 1.29 is 4.74 Å². The molecule has 0 unspecified atom stereocenters. The number of halogens is 2. The molecule has 6 heteroatoms. The average Bonchev–Trinajstić information content (AvgIpc) is 2.87. The first-order valence-electron chi connectivity index (χ1n) is 6.22. The Morgan fingerprint density at radius 3 is 3.00 bits per heavy atom. The van der Waals surface area contributed by atoms with E-state index in [0.29, 0.717) is 23.4 Å². The molecule has 0 bridgehead atoms. The lowest BCUT2D eigenvalue weighted by atomic mass is 10.1. The van der Waals surface area contributed by atoms with Gasteiger partial charge in [0, 0.05) is 22.7 Å². The van der Waals surface area contributed by atoms with Crippen molar-refractivity contribution in [2.45, 2.75) is 19.9 Å². The van der Waals surface area contributed by atoms with Gasteiger partial charge in [-0.15, -0.1) is 0 Å². The minimum Gasteiger partial charge on any atom is -0.493 e. The molecule has 0 saturated heterocycles. The first-order valence-corrected chi connectivity index (χ1v) is 7.81. The highest BCUT2D eigenvalue weighted by Crippen LogP contribution is 2.33. The first-order chi connectivity index (χ1) is 9.56. The molecule has 0 fully saturated rings. The lowest BCUT2D eigenvalue weighted by Crippen LogP contribution is -2.24. The maximum absolute atomic E-state index is 12.2. The monoisotopic (exact) mass is 398 g/mol. The van der Waals surface area contributed by atoms with E-state index in [1.807, 2.05) is 13.0 Å². The Balaban J connectivity index is 2.09. The third kappa shape index (κ3) is 2.42. The van der Waals surface area contributed by atoms with Crippen molar-refractivity contribution in [2.75, 3.05) is 6.61 Å². The Kier molecular flexibility index (Phi) is 3.69. The summed E-state index contributed by atoms with van der Waals surface area (Å²) in [6.07, 6.45) is 2.45. The highest BCUT2D eigenvalue weighted by molar-refractivity contribution is 9.10. The van der Waals surface area contributed by atoms with Gasteiger partial charge in [-0.25, -0.2) is 4.98 Å². The fourth-order valence-electron chi connectivity index (χ4n) is 2.37. The Morgan fingerprint density at radius 2 is 2.20 bits per heavy atom. The number of fused-ring (bicyclic) bond motifs is 1. The molecule has 0 N–H and O–H groups in total. The van der Waals surface area contributed by atoms with E-state index in [-0.39, 0.29) is 5.56 Å². The summed E-state index contributed by atoms with van der Waals surface area (Å²) in [6.45, 7) is 2.98. The van der Waals surface area contributed by atoms with Crippen LogP contribution in [0.2, 0.25) is 0 Å². The van der Waals surface area contributed by atoms with Crippen LogP contribution in [0.15, 0.2) is 32.1 Å². The summed E-state index contributed by atoms with van der Waals surface area (Å²) in [5, 5.41) is 0. The zero-order chi connectivity index (χ0) is 14.3. The summed E-state index contributed by atoms with van der Waals surface area (Å²) >= 11 is 6.75. The van der Waals surface area contributed by atoms with Gasteiger partial charge in [0.05, 0.1) is 13.2 Å². The number of hydrogen-bond acceptors (Lipinski definition) is 3. The van der Waals surface area contributed by atoms with E-state index >= 15 is 0 Å². The Bertz CT molecular complexity index is 741. The fourth-order valence-corrected chi connectivity index (χ4v) is 3.24. The summed E-state index contributed by atoms with van der Waals surface area (Å²) < 4.78 is 8.82. The van der Waals surface area contributed by atoms with Gasteiger partial charge in [-0.3, -0.25) is 9.36 Å². The van der Waals surface area contributed by atoms with Gasteiger partial charge in [-0.05, 0) is 40.5 Å². The molecular formula is C14H12Br2N2O2. The second-order valence-electron chi connectivity index (χ2n) is 4.70. The number of nitrogens with zero attached hydrogens (tertiary/aromatic N) is 2. The molecule has 0 spiro atoms. The van der Waals surface area contributed by atoms with Crippen molar-refractivity contribution in [1.82, 2.24) is 9.55 Å². The number of aromatic nitrogens is 2. The van der Waals surface area contributed by atoms with Gasteiger partial charge in [0.2, 0.25) is 0 Å². The molecule has 1 aliphatic heterocycles. The quantitative estimate of drug-likeness (QED) is 0.779. The third-order valence-electron chi connectivity index (χ3n) is 3.36. The van der Waals surface area contributed by atoms with E-state index in [1.54, 1.807) is 4.57 Å². The topological polar surface area (TPSA) is 44.1 Å². The molecule has 4 nitrogen and oxygen atoms in total. The van der Waals surface area contributed by atoms with Crippen molar-refractivity contribution in [3.63, 3.8) is 0 Å². The predicted octanol–water partition coefficient (Wildman–Crippen LogP) is 3.06. The van der Waals surface area contributed by atoms with E-state index in [1.165, 1.54) is 11.8 Å². The molecule has 0 atom stereocenters. The molecule has 0 radical (unpaired) electrons. The van der Waals surface area contributed by atoms with Gasteiger partial charge in [-0.2, -0.15) is 0 Å². The summed E-state index contributed by atoms with van der Waals surface area (Å²) in [5.41, 5.74) is 2.10. The van der Waals surface area contributed by atoms with Crippen LogP contribution in [0.25, 0.3) is 0 Å². The third-order valence-corrected chi connectivity index (χ3v) is 4.36. The lowest BCUT2D eigenvalue weighted by molar-refractivity contribution is 0.352. The smallest absolute Gasteiger partial charge is 0.268 e. The van der Waals surface area contributed by atoms with E-state index in [2.05, 4.69) is 42.9 Å². The molecule has 104 valence electrons. The van der Waals surface area contributed by atoms with Crippen LogP contribution in [0.1, 0.15) is 17.0 Å². The number of benzene rings is 1. The number of hydrogen-bond donors (Lipinski definition) is 0. The van der Waals surface area contributed by atoms with Crippen LogP contribution in [0.3, 0.4) is 0 Å². The largest absolute Gasteiger partial charge is 0.493 e. The van der Waals surface area contributed by atoms with Gasteiger partial charge < -0.3 is 4.74 Å². The highest BCUT2D eigenvalue weighted by atomic mass is 79.9. The summed E-state index contributed by atoms with van der Waals surface area (Å²) in [7, 11) is 0. The highest BCUT2D eigenvalue weighted by Gasteiger charge is 2.18. The van der Waals surface area contributed by atoms with Crippen molar-refractivity contribution >= 4 is 31.9 Å². The standard InChI is InChI=1S/C14H12Br2N2O2/c1-8-17-6-12(16)14(19)18(8)7-10-5-11(15)4-9-2-3-20-13(9)10/h4-6H,2-3,7H2,1H3. The molecule has 1 aliphatic rings. The van der Waals surface area contributed by atoms with Gasteiger partial charge in [0.25, 0.3) is 5.56 Å². The zero-order valence-electron chi connectivity index (χ0n) is 10.8.